The van der Waals surface area contributed by atoms with Crippen molar-refractivity contribution in [1.29, 1.82) is 0 Å². The van der Waals surface area contributed by atoms with Crippen LogP contribution in [-0.2, 0) is 24.2 Å². The van der Waals surface area contributed by atoms with Gasteiger partial charge in [-0.2, -0.15) is 5.10 Å². The smallest absolute Gasteiger partial charge is 0.358 e. The molecule has 0 amide bonds. The summed E-state index contributed by atoms with van der Waals surface area (Å²) in [6.45, 7) is 4.44. The van der Waals surface area contributed by atoms with Gasteiger partial charge in [0.1, 0.15) is 0 Å². The van der Waals surface area contributed by atoms with Gasteiger partial charge in [0.15, 0.2) is 5.69 Å². The van der Waals surface area contributed by atoms with Crippen molar-refractivity contribution < 1.29 is 9.53 Å². The molecule has 110 valence electrons. The highest BCUT2D eigenvalue weighted by Crippen LogP contribution is 2.27. The summed E-state index contributed by atoms with van der Waals surface area (Å²) >= 11 is 0. The molecule has 1 aliphatic rings. The van der Waals surface area contributed by atoms with Gasteiger partial charge in [0, 0.05) is 43.0 Å². The van der Waals surface area contributed by atoms with Crippen LogP contribution in [0.3, 0.4) is 0 Å². The molecular formula is C16H19N3O2. The van der Waals surface area contributed by atoms with E-state index in [1.807, 2.05) is 29.8 Å². The number of ether oxygens (including phenoxy) is 1. The maximum Gasteiger partial charge on any atom is 0.358 e. The monoisotopic (exact) mass is 285 g/mol. The highest BCUT2D eigenvalue weighted by Gasteiger charge is 2.28. The van der Waals surface area contributed by atoms with E-state index >= 15 is 0 Å². The Labute approximate surface area is 124 Å². The molecule has 0 bridgehead atoms. The van der Waals surface area contributed by atoms with Crippen molar-refractivity contribution in [3.63, 3.8) is 0 Å². The number of carbonyl (C=O) groups excluding carboxylic acids is 1. The van der Waals surface area contributed by atoms with Crippen molar-refractivity contribution in [2.75, 3.05) is 18.6 Å². The van der Waals surface area contributed by atoms with E-state index in [9.17, 15) is 4.79 Å². The molecule has 0 unspecified atom stereocenters. The lowest BCUT2D eigenvalue weighted by molar-refractivity contribution is 0.0591. The number of esters is 1. The van der Waals surface area contributed by atoms with Crippen molar-refractivity contribution >= 4 is 11.7 Å². The lowest BCUT2D eigenvalue weighted by atomic mass is 10.0. The molecule has 0 spiro atoms. The highest BCUT2D eigenvalue weighted by molar-refractivity contribution is 5.89. The van der Waals surface area contributed by atoms with Gasteiger partial charge in [0.25, 0.3) is 0 Å². The van der Waals surface area contributed by atoms with E-state index < -0.39 is 0 Å². The number of aromatic nitrogens is 2. The van der Waals surface area contributed by atoms with Crippen LogP contribution in [0.25, 0.3) is 0 Å². The SMILES string of the molecule is CCn1nc(C(=O)OC)c2c1CCN(c1ccccc1)C2. The number of hydrogen-bond acceptors (Lipinski definition) is 4. The molecule has 1 aromatic heterocycles. The van der Waals surface area contributed by atoms with Crippen LogP contribution >= 0.6 is 0 Å². The normalized spacial score (nSPS) is 13.9. The molecule has 3 rings (SSSR count). The second kappa shape index (κ2) is 5.60. The van der Waals surface area contributed by atoms with Crippen LogP contribution in [0.1, 0.15) is 28.7 Å². The molecule has 0 saturated heterocycles. The van der Waals surface area contributed by atoms with E-state index in [0.717, 1.165) is 30.8 Å². The molecule has 0 N–H and O–H groups in total. The number of methoxy groups -OCH3 is 1. The van der Waals surface area contributed by atoms with Gasteiger partial charge in [-0.25, -0.2) is 4.79 Å². The topological polar surface area (TPSA) is 47.4 Å². The predicted octanol–water partition coefficient (Wildman–Crippen LogP) is 2.25. The third-order valence-corrected chi connectivity index (χ3v) is 3.93. The minimum absolute atomic E-state index is 0.353. The Morgan fingerprint density at radius 3 is 2.76 bits per heavy atom. The third kappa shape index (κ3) is 2.39. The van der Waals surface area contributed by atoms with Crippen LogP contribution < -0.4 is 4.90 Å². The molecule has 2 aromatic rings. The van der Waals surface area contributed by atoms with Crippen LogP contribution in [-0.4, -0.2) is 29.4 Å². The zero-order chi connectivity index (χ0) is 14.8. The standard InChI is InChI=1S/C16H19N3O2/c1-3-19-14-9-10-18(12-7-5-4-6-8-12)11-13(14)15(17-19)16(20)21-2/h4-8H,3,9-11H2,1-2H3. The number of carbonyl (C=O) groups is 1. The summed E-state index contributed by atoms with van der Waals surface area (Å²) in [5, 5.41) is 4.42. The third-order valence-electron chi connectivity index (χ3n) is 3.93. The van der Waals surface area contributed by atoms with Crippen molar-refractivity contribution in [1.82, 2.24) is 9.78 Å². The average molecular weight is 285 g/mol. The summed E-state index contributed by atoms with van der Waals surface area (Å²) in [6.07, 6.45) is 0.891. The number of fused-ring (bicyclic) bond motifs is 1. The summed E-state index contributed by atoms with van der Waals surface area (Å²) in [6, 6.07) is 10.2. The minimum Gasteiger partial charge on any atom is -0.464 e. The number of anilines is 1. The zero-order valence-corrected chi connectivity index (χ0v) is 12.4. The van der Waals surface area contributed by atoms with Crippen LogP contribution in [0.5, 0.6) is 0 Å². The fourth-order valence-corrected chi connectivity index (χ4v) is 2.87. The molecule has 5 nitrogen and oxygen atoms in total. The van der Waals surface area contributed by atoms with Crippen LogP contribution in [0.4, 0.5) is 5.69 Å². The first-order valence-electron chi connectivity index (χ1n) is 7.21. The number of nitrogens with zero attached hydrogens (tertiary/aromatic N) is 3. The van der Waals surface area contributed by atoms with Crippen molar-refractivity contribution in [2.24, 2.45) is 0 Å². The lowest BCUT2D eigenvalue weighted by Gasteiger charge is -2.29. The Bertz CT molecular complexity index is 649. The van der Waals surface area contributed by atoms with Crippen molar-refractivity contribution in [2.45, 2.75) is 26.4 Å². The minimum atomic E-state index is -0.353. The molecule has 21 heavy (non-hydrogen) atoms. The summed E-state index contributed by atoms with van der Waals surface area (Å²) < 4.78 is 6.79. The van der Waals surface area contributed by atoms with Crippen LogP contribution in [0.15, 0.2) is 30.3 Å². The van der Waals surface area contributed by atoms with Gasteiger partial charge in [-0.1, -0.05) is 18.2 Å². The van der Waals surface area contributed by atoms with Gasteiger partial charge in [-0.05, 0) is 19.1 Å². The van der Waals surface area contributed by atoms with Gasteiger partial charge in [0.05, 0.1) is 7.11 Å². The zero-order valence-electron chi connectivity index (χ0n) is 12.4. The van der Waals surface area contributed by atoms with Gasteiger partial charge >= 0.3 is 5.97 Å². The first-order chi connectivity index (χ1) is 10.2. The number of rotatable bonds is 3. The second-order valence-corrected chi connectivity index (χ2v) is 5.09. The van der Waals surface area contributed by atoms with Crippen molar-refractivity contribution in [3.8, 4) is 0 Å². The fourth-order valence-electron chi connectivity index (χ4n) is 2.87. The Balaban J connectivity index is 1.97. The Morgan fingerprint density at radius 1 is 1.33 bits per heavy atom. The maximum absolute atomic E-state index is 11.9. The van der Waals surface area contributed by atoms with Crippen molar-refractivity contribution in [3.05, 3.63) is 47.3 Å². The molecule has 5 heteroatoms. The molecule has 1 aliphatic heterocycles. The molecule has 2 heterocycles. The Kier molecular flexibility index (Phi) is 3.64. The van der Waals surface area contributed by atoms with Gasteiger partial charge in [-0.3, -0.25) is 4.68 Å². The van der Waals surface area contributed by atoms with Gasteiger partial charge in [0.2, 0.25) is 0 Å². The lowest BCUT2D eigenvalue weighted by Crippen LogP contribution is -2.31. The highest BCUT2D eigenvalue weighted by atomic mass is 16.5. The molecule has 0 saturated carbocycles. The largest absolute Gasteiger partial charge is 0.464 e. The first-order valence-corrected chi connectivity index (χ1v) is 7.21. The Morgan fingerprint density at radius 2 is 2.10 bits per heavy atom. The number of para-hydroxylation sites is 1. The van der Waals surface area contributed by atoms with E-state index in [2.05, 4.69) is 22.1 Å². The number of aryl methyl sites for hydroxylation is 1. The Hall–Kier alpha value is -2.30. The van der Waals surface area contributed by atoms with E-state index in [-0.39, 0.29) is 5.97 Å². The first kappa shape index (κ1) is 13.7. The van der Waals surface area contributed by atoms with Gasteiger partial charge in [-0.15, -0.1) is 0 Å². The number of hydrogen-bond donors (Lipinski definition) is 0. The van der Waals surface area contributed by atoms with E-state index in [1.165, 1.54) is 12.8 Å². The van der Waals surface area contributed by atoms with E-state index in [4.69, 9.17) is 4.74 Å². The fraction of sp³-hybridized carbons (Fsp3) is 0.375. The molecule has 1 aromatic carbocycles. The van der Waals surface area contributed by atoms with Crippen LogP contribution in [0, 0.1) is 0 Å². The summed E-state index contributed by atoms with van der Waals surface area (Å²) in [4.78, 5) is 14.2. The average Bonchev–Trinajstić information content (AvgIpc) is 2.93. The molecule has 0 atom stereocenters. The summed E-state index contributed by atoms with van der Waals surface area (Å²) in [5.41, 5.74) is 3.78. The maximum atomic E-state index is 11.9. The van der Waals surface area contributed by atoms with E-state index in [1.54, 1.807) is 0 Å². The van der Waals surface area contributed by atoms with Crippen LogP contribution in [0.2, 0.25) is 0 Å². The molecular weight excluding hydrogens is 266 g/mol. The summed E-state index contributed by atoms with van der Waals surface area (Å²) in [5.74, 6) is -0.353. The molecule has 0 fully saturated rings. The van der Waals surface area contributed by atoms with Gasteiger partial charge < -0.3 is 9.64 Å². The summed E-state index contributed by atoms with van der Waals surface area (Å²) in [7, 11) is 1.40. The molecule has 0 radical (unpaired) electrons. The molecule has 0 aliphatic carbocycles. The second-order valence-electron chi connectivity index (χ2n) is 5.09. The van der Waals surface area contributed by atoms with E-state index in [0.29, 0.717) is 12.2 Å². The predicted molar refractivity (Wildman–Crippen MR) is 80.4 cm³/mol. The quantitative estimate of drug-likeness (QED) is 0.812. The number of benzene rings is 1.